The highest BCUT2D eigenvalue weighted by Crippen LogP contribution is 2.35. The Bertz CT molecular complexity index is 1060. The number of ether oxygens (including phenoxy) is 1. The minimum atomic E-state index is -0.638. The Morgan fingerprint density at radius 3 is 2.74 bits per heavy atom. The van der Waals surface area contributed by atoms with Crippen LogP contribution in [-0.2, 0) is 0 Å². The summed E-state index contributed by atoms with van der Waals surface area (Å²) in [6.07, 6.45) is 5.55. The molecular formula is C24H29N3O4. The number of aryl methyl sites for hydroxylation is 1. The summed E-state index contributed by atoms with van der Waals surface area (Å²) in [7, 11) is 0. The molecule has 0 spiro atoms. The van der Waals surface area contributed by atoms with Gasteiger partial charge in [-0.25, -0.2) is 4.98 Å². The highest BCUT2D eigenvalue weighted by atomic mass is 16.5. The maximum absolute atomic E-state index is 12.9. The van der Waals surface area contributed by atoms with E-state index in [1.165, 1.54) is 0 Å². The van der Waals surface area contributed by atoms with Gasteiger partial charge in [0.05, 0.1) is 11.3 Å². The molecule has 1 aliphatic rings. The van der Waals surface area contributed by atoms with Crippen molar-refractivity contribution in [1.29, 1.82) is 0 Å². The minimum Gasteiger partial charge on any atom is -0.434 e. The van der Waals surface area contributed by atoms with E-state index < -0.39 is 5.60 Å². The zero-order chi connectivity index (χ0) is 22.0. The summed E-state index contributed by atoms with van der Waals surface area (Å²) in [5.74, 6) is 1.21. The molecule has 7 nitrogen and oxygen atoms in total. The van der Waals surface area contributed by atoms with Gasteiger partial charge in [-0.15, -0.1) is 0 Å². The summed E-state index contributed by atoms with van der Waals surface area (Å²) in [6, 6.07) is 8.95. The highest BCUT2D eigenvalue weighted by Gasteiger charge is 2.31. The van der Waals surface area contributed by atoms with Gasteiger partial charge in [0.1, 0.15) is 5.56 Å². The first kappa shape index (κ1) is 21.3. The number of benzene rings is 1. The number of para-hydroxylation sites is 1. The van der Waals surface area contributed by atoms with Crippen molar-refractivity contribution in [3.05, 3.63) is 47.8 Å². The van der Waals surface area contributed by atoms with Crippen molar-refractivity contribution in [3.63, 3.8) is 0 Å². The molecule has 31 heavy (non-hydrogen) atoms. The first-order chi connectivity index (χ1) is 14.8. The lowest BCUT2D eigenvalue weighted by Gasteiger charge is -2.35. The van der Waals surface area contributed by atoms with Crippen LogP contribution in [-0.4, -0.2) is 33.3 Å². The summed E-state index contributed by atoms with van der Waals surface area (Å²) in [4.78, 5) is 17.2. The first-order valence-corrected chi connectivity index (χ1v) is 10.8. The zero-order valence-electron chi connectivity index (χ0n) is 18.2. The Hall–Kier alpha value is -2.93. The van der Waals surface area contributed by atoms with E-state index >= 15 is 0 Å². The molecule has 1 saturated carbocycles. The number of amides is 1. The average molecular weight is 424 g/mol. The fraction of sp³-hybridized carbons (Fsp3) is 0.458. The molecule has 3 aromatic rings. The van der Waals surface area contributed by atoms with Gasteiger partial charge in [-0.3, -0.25) is 4.79 Å². The number of pyridine rings is 1. The standard InChI is InChI=1S/C24H29N3O4/c1-15-18-6-4-8-20(21(18)31-27-15)30-23-19(7-5-13-25-23)22(28)26-14-16-9-11-17(12-10-16)24(2,3)29/h4-8,13,16-17,29H,9-12,14H2,1-3H3,(H,26,28). The molecule has 0 unspecified atom stereocenters. The molecule has 2 heterocycles. The number of carbonyl (C=O) groups is 1. The van der Waals surface area contributed by atoms with Gasteiger partial charge >= 0.3 is 0 Å². The van der Waals surface area contributed by atoms with Crippen LogP contribution in [0.3, 0.4) is 0 Å². The Morgan fingerprint density at radius 2 is 2.00 bits per heavy atom. The number of carbonyl (C=O) groups excluding carboxylic acids is 1. The van der Waals surface area contributed by atoms with E-state index in [-0.39, 0.29) is 11.8 Å². The van der Waals surface area contributed by atoms with E-state index in [0.29, 0.717) is 35.3 Å². The molecule has 0 saturated heterocycles. The Morgan fingerprint density at radius 1 is 1.23 bits per heavy atom. The molecule has 164 valence electrons. The fourth-order valence-electron chi connectivity index (χ4n) is 4.29. The molecule has 1 aliphatic carbocycles. The van der Waals surface area contributed by atoms with Gasteiger partial charge in [-0.1, -0.05) is 11.2 Å². The largest absolute Gasteiger partial charge is 0.434 e. The van der Waals surface area contributed by atoms with Crippen molar-refractivity contribution in [2.45, 2.75) is 52.1 Å². The SMILES string of the molecule is Cc1noc2c(Oc3ncccc3C(=O)NCC3CCC(C(C)(C)O)CC3)cccc12. The minimum absolute atomic E-state index is 0.214. The number of hydrogen-bond acceptors (Lipinski definition) is 6. The number of fused-ring (bicyclic) bond motifs is 1. The third-order valence-corrected chi connectivity index (χ3v) is 6.26. The van der Waals surface area contributed by atoms with Crippen molar-refractivity contribution >= 4 is 16.9 Å². The smallest absolute Gasteiger partial charge is 0.256 e. The summed E-state index contributed by atoms with van der Waals surface area (Å²) in [5.41, 5.74) is 1.04. The zero-order valence-corrected chi connectivity index (χ0v) is 18.2. The molecule has 1 amide bonds. The van der Waals surface area contributed by atoms with Gasteiger partial charge in [-0.2, -0.15) is 0 Å². The van der Waals surface area contributed by atoms with Crippen molar-refractivity contribution in [2.24, 2.45) is 11.8 Å². The highest BCUT2D eigenvalue weighted by molar-refractivity contribution is 5.96. The number of aromatic nitrogens is 2. The maximum Gasteiger partial charge on any atom is 0.256 e. The summed E-state index contributed by atoms with van der Waals surface area (Å²) in [5, 5.41) is 18.1. The quantitative estimate of drug-likeness (QED) is 0.600. The van der Waals surface area contributed by atoms with Crippen LogP contribution in [0.15, 0.2) is 41.1 Å². The van der Waals surface area contributed by atoms with Gasteiger partial charge in [0.25, 0.3) is 5.91 Å². The third-order valence-electron chi connectivity index (χ3n) is 6.26. The van der Waals surface area contributed by atoms with Crippen molar-refractivity contribution in [1.82, 2.24) is 15.5 Å². The molecule has 0 atom stereocenters. The third kappa shape index (κ3) is 4.71. The lowest BCUT2D eigenvalue weighted by Crippen LogP contribution is -2.37. The second-order valence-corrected chi connectivity index (χ2v) is 8.94. The number of rotatable bonds is 6. The molecule has 0 aliphatic heterocycles. The van der Waals surface area contributed by atoms with Gasteiger partial charge in [-0.05, 0) is 82.6 Å². The van der Waals surface area contributed by atoms with Crippen molar-refractivity contribution in [2.75, 3.05) is 6.54 Å². The summed E-state index contributed by atoms with van der Waals surface area (Å²) in [6.45, 7) is 6.22. The molecule has 0 radical (unpaired) electrons. The Labute approximate surface area is 181 Å². The summed E-state index contributed by atoms with van der Waals surface area (Å²) < 4.78 is 11.4. The van der Waals surface area contributed by atoms with Gasteiger partial charge < -0.3 is 19.7 Å². The average Bonchev–Trinajstić information content (AvgIpc) is 3.14. The number of hydrogen-bond donors (Lipinski definition) is 2. The maximum atomic E-state index is 12.9. The van der Waals surface area contributed by atoms with E-state index in [9.17, 15) is 9.90 Å². The van der Waals surface area contributed by atoms with Gasteiger partial charge in [0, 0.05) is 18.1 Å². The Kier molecular flexibility index (Phi) is 5.96. The van der Waals surface area contributed by atoms with E-state index in [1.807, 2.05) is 32.9 Å². The van der Waals surface area contributed by atoms with Crippen molar-refractivity contribution < 1.29 is 19.2 Å². The normalized spacial score (nSPS) is 19.4. The second kappa shape index (κ2) is 8.67. The van der Waals surface area contributed by atoms with Crippen LogP contribution in [0.5, 0.6) is 11.6 Å². The lowest BCUT2D eigenvalue weighted by atomic mass is 9.75. The number of nitrogens with one attached hydrogen (secondary N) is 1. The predicted octanol–water partition coefficient (Wildman–Crippen LogP) is 4.63. The van der Waals surface area contributed by atoms with Gasteiger partial charge in [0.2, 0.25) is 11.5 Å². The Balaban J connectivity index is 1.42. The lowest BCUT2D eigenvalue weighted by molar-refractivity contribution is -0.00575. The van der Waals surface area contributed by atoms with Crippen LogP contribution in [0.2, 0.25) is 0 Å². The summed E-state index contributed by atoms with van der Waals surface area (Å²) >= 11 is 0. The molecule has 1 fully saturated rings. The number of nitrogens with zero attached hydrogens (tertiary/aromatic N) is 2. The van der Waals surface area contributed by atoms with Crippen LogP contribution >= 0.6 is 0 Å². The molecule has 2 N–H and O–H groups in total. The van der Waals surface area contributed by atoms with Crippen LogP contribution in [0.1, 0.15) is 55.6 Å². The molecule has 0 bridgehead atoms. The van der Waals surface area contributed by atoms with E-state index in [1.54, 1.807) is 24.4 Å². The van der Waals surface area contributed by atoms with Crippen LogP contribution in [0.25, 0.3) is 11.0 Å². The first-order valence-electron chi connectivity index (χ1n) is 10.8. The molecule has 1 aromatic carbocycles. The van der Waals surface area contributed by atoms with Crippen LogP contribution in [0.4, 0.5) is 0 Å². The van der Waals surface area contributed by atoms with Gasteiger partial charge in [0.15, 0.2) is 5.75 Å². The topological polar surface area (TPSA) is 97.5 Å². The molecular weight excluding hydrogens is 394 g/mol. The molecule has 2 aromatic heterocycles. The molecule has 4 rings (SSSR count). The van der Waals surface area contributed by atoms with E-state index in [0.717, 1.165) is 36.8 Å². The van der Waals surface area contributed by atoms with Crippen LogP contribution < -0.4 is 10.1 Å². The number of aliphatic hydroxyl groups is 1. The van der Waals surface area contributed by atoms with E-state index in [2.05, 4.69) is 15.5 Å². The van der Waals surface area contributed by atoms with Crippen LogP contribution in [0, 0.1) is 18.8 Å². The van der Waals surface area contributed by atoms with E-state index in [4.69, 9.17) is 9.26 Å². The van der Waals surface area contributed by atoms with Crippen molar-refractivity contribution in [3.8, 4) is 11.6 Å². The monoisotopic (exact) mass is 423 g/mol. The fourth-order valence-corrected chi connectivity index (χ4v) is 4.29. The second-order valence-electron chi connectivity index (χ2n) is 8.94. The predicted molar refractivity (Wildman–Crippen MR) is 117 cm³/mol. The molecule has 7 heteroatoms.